The number of benzene rings is 2. The molecule has 0 fully saturated rings. The Morgan fingerprint density at radius 1 is 1.04 bits per heavy atom. The summed E-state index contributed by atoms with van der Waals surface area (Å²) in [4.78, 5) is 11.4. The van der Waals surface area contributed by atoms with Crippen LogP contribution >= 0.6 is 0 Å². The normalized spacial score (nSPS) is 11.2. The van der Waals surface area contributed by atoms with Crippen molar-refractivity contribution in [1.82, 2.24) is 4.72 Å². The fourth-order valence-corrected chi connectivity index (χ4v) is 2.82. The second-order valence-electron chi connectivity index (χ2n) is 4.77. The van der Waals surface area contributed by atoms with Crippen molar-refractivity contribution < 1.29 is 22.3 Å². The zero-order valence-corrected chi connectivity index (χ0v) is 13.1. The molecule has 1 N–H and O–H groups in total. The minimum Gasteiger partial charge on any atom is -0.371 e. The molecular formula is C16H16FNO4S. The molecule has 23 heavy (non-hydrogen) atoms. The van der Waals surface area contributed by atoms with Crippen LogP contribution < -0.4 is 4.72 Å². The Labute approximate surface area is 134 Å². The summed E-state index contributed by atoms with van der Waals surface area (Å²) < 4.78 is 43.6. The standard InChI is InChI=1S/C16H16FNO4S/c17-14-6-8-15(9-7-14)23(20,21)18-16(19)12-22-11-10-13-4-2-1-3-5-13/h1-9H,10-12H2,(H,18,19). The van der Waals surface area contributed by atoms with E-state index in [0.717, 1.165) is 29.8 Å². The third kappa shape index (κ3) is 5.46. The molecular weight excluding hydrogens is 321 g/mol. The Hall–Kier alpha value is -2.25. The van der Waals surface area contributed by atoms with E-state index in [0.29, 0.717) is 13.0 Å². The first kappa shape index (κ1) is 17.1. The summed E-state index contributed by atoms with van der Waals surface area (Å²) in [5.41, 5.74) is 1.06. The van der Waals surface area contributed by atoms with Gasteiger partial charge in [0.15, 0.2) is 0 Å². The van der Waals surface area contributed by atoms with Crippen LogP contribution in [0.1, 0.15) is 5.56 Å². The first-order valence-electron chi connectivity index (χ1n) is 6.90. The van der Waals surface area contributed by atoms with Crippen molar-refractivity contribution in [3.63, 3.8) is 0 Å². The van der Waals surface area contributed by atoms with Crippen molar-refractivity contribution in [2.24, 2.45) is 0 Å². The molecule has 0 radical (unpaired) electrons. The molecule has 2 aromatic carbocycles. The molecule has 0 atom stereocenters. The van der Waals surface area contributed by atoms with Crippen LogP contribution in [0.15, 0.2) is 59.5 Å². The van der Waals surface area contributed by atoms with E-state index in [1.807, 2.05) is 35.1 Å². The lowest BCUT2D eigenvalue weighted by molar-refractivity contribution is -0.123. The number of hydrogen-bond acceptors (Lipinski definition) is 4. The third-order valence-electron chi connectivity index (χ3n) is 2.98. The van der Waals surface area contributed by atoms with Crippen LogP contribution in [0.3, 0.4) is 0 Å². The summed E-state index contributed by atoms with van der Waals surface area (Å²) in [6, 6.07) is 13.8. The van der Waals surface area contributed by atoms with Gasteiger partial charge in [-0.05, 0) is 36.2 Å². The van der Waals surface area contributed by atoms with Crippen molar-refractivity contribution in [2.75, 3.05) is 13.2 Å². The molecule has 0 aliphatic carbocycles. The number of rotatable bonds is 7. The number of nitrogens with one attached hydrogen (secondary N) is 1. The maximum absolute atomic E-state index is 12.8. The lowest BCUT2D eigenvalue weighted by Crippen LogP contribution is -2.33. The number of carbonyl (C=O) groups is 1. The average molecular weight is 337 g/mol. The van der Waals surface area contributed by atoms with Gasteiger partial charge in [-0.3, -0.25) is 4.79 Å². The maximum Gasteiger partial charge on any atom is 0.264 e. The highest BCUT2D eigenvalue weighted by molar-refractivity contribution is 7.90. The molecule has 0 heterocycles. The molecule has 0 aromatic heterocycles. The van der Waals surface area contributed by atoms with Crippen LogP contribution in [0.5, 0.6) is 0 Å². The highest BCUT2D eigenvalue weighted by Gasteiger charge is 2.17. The van der Waals surface area contributed by atoms with E-state index in [9.17, 15) is 17.6 Å². The van der Waals surface area contributed by atoms with E-state index in [1.54, 1.807) is 0 Å². The van der Waals surface area contributed by atoms with Crippen LogP contribution in [0.25, 0.3) is 0 Å². The average Bonchev–Trinajstić information content (AvgIpc) is 2.52. The molecule has 2 rings (SSSR count). The molecule has 7 heteroatoms. The van der Waals surface area contributed by atoms with Gasteiger partial charge in [-0.2, -0.15) is 0 Å². The van der Waals surface area contributed by atoms with Gasteiger partial charge in [0.05, 0.1) is 11.5 Å². The Morgan fingerprint density at radius 3 is 2.35 bits per heavy atom. The monoisotopic (exact) mass is 337 g/mol. The van der Waals surface area contributed by atoms with E-state index in [1.165, 1.54) is 0 Å². The van der Waals surface area contributed by atoms with Gasteiger partial charge in [0.2, 0.25) is 0 Å². The second-order valence-corrected chi connectivity index (χ2v) is 6.45. The molecule has 1 amide bonds. The Kier molecular flexibility index (Phi) is 5.84. The van der Waals surface area contributed by atoms with Crippen LogP contribution in [0.4, 0.5) is 4.39 Å². The Balaban J connectivity index is 1.79. The summed E-state index contributed by atoms with van der Waals surface area (Å²) in [6.45, 7) is -0.0682. The molecule has 0 aliphatic rings. The van der Waals surface area contributed by atoms with Gasteiger partial charge in [0.25, 0.3) is 15.9 Å². The highest BCUT2D eigenvalue weighted by Crippen LogP contribution is 2.09. The van der Waals surface area contributed by atoms with E-state index < -0.39 is 21.7 Å². The molecule has 0 saturated carbocycles. The van der Waals surface area contributed by atoms with Crippen molar-refractivity contribution in [2.45, 2.75) is 11.3 Å². The molecule has 2 aromatic rings. The number of sulfonamides is 1. The number of amides is 1. The number of halogens is 1. The van der Waals surface area contributed by atoms with Crippen LogP contribution in [0, 0.1) is 5.82 Å². The summed E-state index contributed by atoms with van der Waals surface area (Å²) in [6.07, 6.45) is 0.624. The lowest BCUT2D eigenvalue weighted by Gasteiger charge is -2.07. The fraction of sp³-hybridized carbons (Fsp3) is 0.188. The molecule has 5 nitrogen and oxygen atoms in total. The minimum absolute atomic E-state index is 0.184. The Morgan fingerprint density at radius 2 is 1.70 bits per heavy atom. The molecule has 0 bridgehead atoms. The molecule has 122 valence electrons. The summed E-state index contributed by atoms with van der Waals surface area (Å²) in [5, 5.41) is 0. The number of ether oxygens (including phenoxy) is 1. The van der Waals surface area contributed by atoms with Crippen LogP contribution in [-0.4, -0.2) is 27.5 Å². The predicted molar refractivity (Wildman–Crippen MR) is 82.7 cm³/mol. The van der Waals surface area contributed by atoms with E-state index in [2.05, 4.69) is 0 Å². The predicted octanol–water partition coefficient (Wildman–Crippen LogP) is 1.89. The van der Waals surface area contributed by atoms with Gasteiger partial charge in [0.1, 0.15) is 12.4 Å². The van der Waals surface area contributed by atoms with Crippen LogP contribution in [0.2, 0.25) is 0 Å². The topological polar surface area (TPSA) is 72.5 Å². The van der Waals surface area contributed by atoms with Crippen molar-refractivity contribution in [3.05, 3.63) is 66.0 Å². The van der Waals surface area contributed by atoms with Crippen molar-refractivity contribution in [3.8, 4) is 0 Å². The van der Waals surface area contributed by atoms with Gasteiger partial charge in [-0.1, -0.05) is 30.3 Å². The number of hydrogen-bond donors (Lipinski definition) is 1. The first-order chi connectivity index (χ1) is 11.0. The summed E-state index contributed by atoms with van der Waals surface area (Å²) in [5.74, 6) is -1.33. The fourth-order valence-electron chi connectivity index (χ4n) is 1.85. The molecule has 0 unspecified atom stereocenters. The Bertz CT molecular complexity index is 745. The van der Waals surface area contributed by atoms with Crippen molar-refractivity contribution >= 4 is 15.9 Å². The quantitative estimate of drug-likeness (QED) is 0.783. The maximum atomic E-state index is 12.8. The van der Waals surface area contributed by atoms with E-state index in [-0.39, 0.29) is 11.5 Å². The summed E-state index contributed by atoms with van der Waals surface area (Å²) in [7, 11) is -4.01. The lowest BCUT2D eigenvalue weighted by atomic mass is 10.2. The smallest absolute Gasteiger partial charge is 0.264 e. The zero-order chi connectivity index (χ0) is 16.7. The van der Waals surface area contributed by atoms with Gasteiger partial charge in [-0.15, -0.1) is 0 Å². The minimum atomic E-state index is -4.01. The summed E-state index contributed by atoms with van der Waals surface area (Å²) >= 11 is 0. The second kappa shape index (κ2) is 7.85. The van der Waals surface area contributed by atoms with Gasteiger partial charge >= 0.3 is 0 Å². The zero-order valence-electron chi connectivity index (χ0n) is 12.2. The molecule has 0 spiro atoms. The largest absolute Gasteiger partial charge is 0.371 e. The van der Waals surface area contributed by atoms with Crippen LogP contribution in [-0.2, 0) is 26.0 Å². The first-order valence-corrected chi connectivity index (χ1v) is 8.38. The van der Waals surface area contributed by atoms with Gasteiger partial charge < -0.3 is 4.74 Å². The van der Waals surface area contributed by atoms with E-state index >= 15 is 0 Å². The van der Waals surface area contributed by atoms with Gasteiger partial charge in [0, 0.05) is 0 Å². The van der Waals surface area contributed by atoms with Gasteiger partial charge in [-0.25, -0.2) is 17.5 Å². The molecule has 0 aliphatic heterocycles. The highest BCUT2D eigenvalue weighted by atomic mass is 32.2. The third-order valence-corrected chi connectivity index (χ3v) is 4.37. The number of carbonyl (C=O) groups excluding carboxylic acids is 1. The van der Waals surface area contributed by atoms with Crippen molar-refractivity contribution in [1.29, 1.82) is 0 Å². The molecule has 0 saturated heterocycles. The van der Waals surface area contributed by atoms with E-state index in [4.69, 9.17) is 4.74 Å². The SMILES string of the molecule is O=C(COCCc1ccccc1)NS(=O)(=O)c1ccc(F)cc1.